The molecule has 1 fully saturated rings. The standard InChI is InChI=1S/C16H17N5O3S/c17-13-10-15(20-14(19-13)8-4-2-1-3-5-8)21(7-18-10)16-12(23)11(22)9(6-25)24-16/h1-5,7,9,11-12,16,22-23,25H,6H2,(H2,17,19,20)/t9-,11-,12-,16-/m1/s1. The Morgan fingerprint density at radius 3 is 2.60 bits per heavy atom. The van der Waals surface area contributed by atoms with E-state index in [2.05, 4.69) is 27.6 Å². The highest BCUT2D eigenvalue weighted by Crippen LogP contribution is 2.33. The molecular weight excluding hydrogens is 342 g/mol. The minimum atomic E-state index is -1.12. The number of aliphatic hydroxyl groups excluding tert-OH is 2. The van der Waals surface area contributed by atoms with Crippen LogP contribution < -0.4 is 5.73 Å². The molecule has 0 radical (unpaired) electrons. The average Bonchev–Trinajstić information content (AvgIpc) is 3.18. The fourth-order valence-corrected chi connectivity index (χ4v) is 3.25. The fourth-order valence-electron chi connectivity index (χ4n) is 2.95. The molecule has 9 heteroatoms. The van der Waals surface area contributed by atoms with Crippen molar-refractivity contribution in [2.75, 3.05) is 11.5 Å². The summed E-state index contributed by atoms with van der Waals surface area (Å²) in [6.07, 6.45) is -2.08. The molecule has 4 rings (SSSR count). The minimum Gasteiger partial charge on any atom is -0.387 e. The van der Waals surface area contributed by atoms with Crippen molar-refractivity contribution in [3.63, 3.8) is 0 Å². The number of nitrogens with two attached hydrogens (primary N) is 1. The number of fused-ring (bicyclic) bond motifs is 1. The van der Waals surface area contributed by atoms with Crippen LogP contribution in [0.3, 0.4) is 0 Å². The Labute approximate surface area is 148 Å². The molecule has 1 aliphatic heterocycles. The van der Waals surface area contributed by atoms with Gasteiger partial charge in [0.15, 0.2) is 23.5 Å². The average molecular weight is 359 g/mol. The van der Waals surface area contributed by atoms with Crippen LogP contribution in [0.25, 0.3) is 22.6 Å². The molecule has 3 aromatic rings. The summed E-state index contributed by atoms with van der Waals surface area (Å²) in [7, 11) is 0. The van der Waals surface area contributed by atoms with Gasteiger partial charge >= 0.3 is 0 Å². The van der Waals surface area contributed by atoms with Crippen LogP contribution in [0.4, 0.5) is 5.82 Å². The first-order valence-corrected chi connectivity index (χ1v) is 8.41. The van der Waals surface area contributed by atoms with Crippen molar-refractivity contribution >= 4 is 29.6 Å². The number of thiol groups is 1. The highest BCUT2D eigenvalue weighted by molar-refractivity contribution is 7.80. The number of ether oxygens (including phenoxy) is 1. The Morgan fingerprint density at radius 1 is 1.16 bits per heavy atom. The summed E-state index contributed by atoms with van der Waals surface area (Å²) in [6.45, 7) is 0. The number of imidazole rings is 1. The molecule has 0 unspecified atom stereocenters. The van der Waals surface area contributed by atoms with Crippen molar-refractivity contribution < 1.29 is 14.9 Å². The van der Waals surface area contributed by atoms with E-state index < -0.39 is 24.5 Å². The van der Waals surface area contributed by atoms with Crippen LogP contribution >= 0.6 is 12.6 Å². The molecule has 0 spiro atoms. The number of benzene rings is 1. The quantitative estimate of drug-likeness (QED) is 0.506. The molecule has 8 nitrogen and oxygen atoms in total. The molecule has 2 aromatic heterocycles. The third-order valence-corrected chi connectivity index (χ3v) is 4.63. The Bertz CT molecular complexity index is 903. The lowest BCUT2D eigenvalue weighted by Gasteiger charge is -2.16. The topological polar surface area (TPSA) is 119 Å². The predicted molar refractivity (Wildman–Crippen MR) is 94.9 cm³/mol. The predicted octanol–water partition coefficient (Wildman–Crippen LogP) is 0.624. The molecule has 0 saturated carbocycles. The van der Waals surface area contributed by atoms with Crippen molar-refractivity contribution in [3.05, 3.63) is 36.7 Å². The monoisotopic (exact) mass is 359 g/mol. The lowest BCUT2D eigenvalue weighted by Crippen LogP contribution is -2.32. The van der Waals surface area contributed by atoms with Gasteiger partial charge in [0.25, 0.3) is 0 Å². The first kappa shape index (κ1) is 16.3. The van der Waals surface area contributed by atoms with Crippen LogP contribution in [0, 0.1) is 0 Å². The van der Waals surface area contributed by atoms with Gasteiger partial charge in [-0.05, 0) is 0 Å². The van der Waals surface area contributed by atoms with Gasteiger partial charge in [-0.2, -0.15) is 12.6 Å². The molecule has 0 amide bonds. The summed E-state index contributed by atoms with van der Waals surface area (Å²) in [6, 6.07) is 9.42. The maximum absolute atomic E-state index is 10.3. The van der Waals surface area contributed by atoms with Gasteiger partial charge in [-0.3, -0.25) is 4.57 Å². The number of anilines is 1. The molecule has 4 atom stereocenters. The van der Waals surface area contributed by atoms with Crippen molar-refractivity contribution in [1.29, 1.82) is 0 Å². The zero-order valence-electron chi connectivity index (χ0n) is 13.1. The Hall–Kier alpha value is -2.20. The van der Waals surface area contributed by atoms with Crippen LogP contribution in [0.5, 0.6) is 0 Å². The number of aromatic nitrogens is 4. The second-order valence-electron chi connectivity index (χ2n) is 5.85. The van der Waals surface area contributed by atoms with E-state index in [4.69, 9.17) is 10.5 Å². The lowest BCUT2D eigenvalue weighted by molar-refractivity contribution is -0.0288. The second-order valence-corrected chi connectivity index (χ2v) is 6.22. The smallest absolute Gasteiger partial charge is 0.168 e. The number of nitrogens with zero attached hydrogens (tertiary/aromatic N) is 4. The summed E-state index contributed by atoms with van der Waals surface area (Å²) in [5, 5.41) is 20.4. The molecular formula is C16H17N5O3S. The second kappa shape index (κ2) is 6.26. The van der Waals surface area contributed by atoms with Gasteiger partial charge in [-0.1, -0.05) is 30.3 Å². The first-order valence-electron chi connectivity index (χ1n) is 7.78. The molecule has 25 heavy (non-hydrogen) atoms. The third-order valence-electron chi connectivity index (χ3n) is 4.27. The SMILES string of the molecule is Nc1nc(-c2ccccc2)nc2c1ncn2[C@@H]1O[C@H](CS)[C@@H](O)[C@H]1O. The van der Waals surface area contributed by atoms with Crippen molar-refractivity contribution in [2.45, 2.75) is 24.5 Å². The van der Waals surface area contributed by atoms with E-state index in [1.54, 1.807) is 4.57 Å². The molecule has 1 saturated heterocycles. The van der Waals surface area contributed by atoms with Crippen LogP contribution in [0.1, 0.15) is 6.23 Å². The minimum absolute atomic E-state index is 0.237. The normalized spacial score (nSPS) is 26.4. The van der Waals surface area contributed by atoms with E-state index >= 15 is 0 Å². The van der Waals surface area contributed by atoms with E-state index in [1.165, 1.54) is 6.33 Å². The van der Waals surface area contributed by atoms with Gasteiger partial charge in [0, 0.05) is 11.3 Å². The molecule has 1 aliphatic rings. The Balaban J connectivity index is 1.82. The van der Waals surface area contributed by atoms with E-state index in [0.717, 1.165) is 5.56 Å². The summed E-state index contributed by atoms with van der Waals surface area (Å²) >= 11 is 4.14. The molecule has 3 heterocycles. The maximum Gasteiger partial charge on any atom is 0.168 e. The van der Waals surface area contributed by atoms with Crippen LogP contribution in [-0.2, 0) is 4.74 Å². The first-order chi connectivity index (χ1) is 12.1. The molecule has 0 bridgehead atoms. The largest absolute Gasteiger partial charge is 0.387 e. The summed E-state index contributed by atoms with van der Waals surface area (Å²) in [5.74, 6) is 0.973. The van der Waals surface area contributed by atoms with Crippen molar-refractivity contribution in [3.8, 4) is 11.4 Å². The van der Waals surface area contributed by atoms with Gasteiger partial charge in [-0.25, -0.2) is 15.0 Å². The molecule has 0 aliphatic carbocycles. The van der Waals surface area contributed by atoms with E-state index in [9.17, 15) is 10.2 Å². The highest BCUT2D eigenvalue weighted by atomic mass is 32.1. The van der Waals surface area contributed by atoms with Gasteiger partial charge in [0.1, 0.15) is 17.7 Å². The van der Waals surface area contributed by atoms with Gasteiger partial charge in [-0.15, -0.1) is 0 Å². The summed E-state index contributed by atoms with van der Waals surface area (Å²) in [4.78, 5) is 13.1. The van der Waals surface area contributed by atoms with E-state index in [1.807, 2.05) is 30.3 Å². The summed E-state index contributed by atoms with van der Waals surface area (Å²) < 4.78 is 7.29. The zero-order valence-corrected chi connectivity index (χ0v) is 14.0. The lowest BCUT2D eigenvalue weighted by atomic mass is 10.1. The van der Waals surface area contributed by atoms with Crippen LogP contribution in [0.15, 0.2) is 36.7 Å². The molecule has 1 aromatic carbocycles. The Morgan fingerprint density at radius 2 is 1.92 bits per heavy atom. The number of hydrogen-bond donors (Lipinski definition) is 4. The Kier molecular flexibility index (Phi) is 4.08. The van der Waals surface area contributed by atoms with Gasteiger partial charge < -0.3 is 20.7 Å². The summed E-state index contributed by atoms with van der Waals surface area (Å²) in [5.41, 5.74) is 7.69. The van der Waals surface area contributed by atoms with Crippen LogP contribution in [0.2, 0.25) is 0 Å². The number of rotatable bonds is 3. The van der Waals surface area contributed by atoms with E-state index in [0.29, 0.717) is 17.0 Å². The maximum atomic E-state index is 10.3. The number of aliphatic hydroxyl groups is 2. The van der Waals surface area contributed by atoms with Crippen molar-refractivity contribution in [1.82, 2.24) is 19.5 Å². The number of nitrogen functional groups attached to an aromatic ring is 1. The van der Waals surface area contributed by atoms with Crippen molar-refractivity contribution in [2.24, 2.45) is 0 Å². The van der Waals surface area contributed by atoms with Gasteiger partial charge in [0.2, 0.25) is 0 Å². The number of hydrogen-bond acceptors (Lipinski definition) is 8. The van der Waals surface area contributed by atoms with Gasteiger partial charge in [0.05, 0.1) is 12.4 Å². The van der Waals surface area contributed by atoms with E-state index in [-0.39, 0.29) is 11.6 Å². The fraction of sp³-hybridized carbons (Fsp3) is 0.312. The highest BCUT2D eigenvalue weighted by Gasteiger charge is 2.43. The third kappa shape index (κ3) is 2.65. The molecule has 130 valence electrons. The molecule has 4 N–H and O–H groups in total. The zero-order chi connectivity index (χ0) is 17.6. The van der Waals surface area contributed by atoms with Crippen LogP contribution in [-0.4, -0.2) is 53.8 Å².